The Morgan fingerprint density at radius 2 is 1.39 bits per heavy atom. The lowest BCUT2D eigenvalue weighted by atomic mass is 10.1. The van der Waals surface area contributed by atoms with Crippen molar-refractivity contribution in [3.05, 3.63) is 0 Å². The molecule has 0 radical (unpaired) electrons. The van der Waals surface area contributed by atoms with Gasteiger partial charge in [-0.2, -0.15) is 12.6 Å². The van der Waals surface area contributed by atoms with Crippen molar-refractivity contribution in [2.45, 2.75) is 70.8 Å². The van der Waals surface area contributed by atoms with Crippen molar-refractivity contribution in [2.75, 3.05) is 26.1 Å². The minimum Gasteiger partial charge on any atom is -0.381 e. The zero-order valence-corrected chi connectivity index (χ0v) is 13.4. The molecule has 0 aromatic rings. The third-order valence-corrected chi connectivity index (χ3v) is 3.66. The fraction of sp³-hybridized carbons (Fsp3) is 1.00. The molecule has 0 fully saturated rings. The number of hydrogen-bond donors (Lipinski definition) is 1. The summed E-state index contributed by atoms with van der Waals surface area (Å²) < 4.78 is 11.0. The van der Waals surface area contributed by atoms with Gasteiger partial charge in [0.25, 0.3) is 0 Å². The van der Waals surface area contributed by atoms with E-state index in [4.69, 9.17) is 9.47 Å². The number of hydrogen-bond acceptors (Lipinski definition) is 3. The average Bonchev–Trinajstić information content (AvgIpc) is 2.36. The molecule has 2 nitrogen and oxygen atoms in total. The summed E-state index contributed by atoms with van der Waals surface area (Å²) in [5.41, 5.74) is -0.0486. The van der Waals surface area contributed by atoms with E-state index in [1.165, 1.54) is 44.9 Å². The van der Waals surface area contributed by atoms with Gasteiger partial charge in [0.2, 0.25) is 0 Å². The van der Waals surface area contributed by atoms with E-state index in [2.05, 4.69) is 26.5 Å². The van der Waals surface area contributed by atoms with E-state index in [0.29, 0.717) is 0 Å². The molecule has 110 valence electrons. The van der Waals surface area contributed by atoms with Gasteiger partial charge in [0.15, 0.2) is 0 Å². The lowest BCUT2D eigenvalue weighted by molar-refractivity contribution is -0.0101. The lowest BCUT2D eigenvalue weighted by Gasteiger charge is -2.22. The summed E-state index contributed by atoms with van der Waals surface area (Å²) in [5.74, 6) is 1.03. The second-order valence-corrected chi connectivity index (χ2v) is 5.97. The van der Waals surface area contributed by atoms with Crippen molar-refractivity contribution < 1.29 is 9.47 Å². The van der Waals surface area contributed by atoms with Crippen molar-refractivity contribution in [2.24, 2.45) is 0 Å². The van der Waals surface area contributed by atoms with Crippen molar-refractivity contribution in [3.8, 4) is 0 Å². The lowest BCUT2D eigenvalue weighted by Crippen LogP contribution is -2.24. The molecule has 0 N–H and O–H groups in total. The van der Waals surface area contributed by atoms with Crippen LogP contribution in [0.3, 0.4) is 0 Å². The van der Waals surface area contributed by atoms with Gasteiger partial charge in [-0.3, -0.25) is 0 Å². The Morgan fingerprint density at radius 1 is 0.833 bits per heavy atom. The van der Waals surface area contributed by atoms with Crippen molar-refractivity contribution in [1.29, 1.82) is 0 Å². The smallest absolute Gasteiger partial charge is 0.0644 e. The molecule has 18 heavy (non-hydrogen) atoms. The molecule has 0 bridgehead atoms. The number of unbranched alkanes of at least 4 members (excludes halogenated alkanes) is 6. The van der Waals surface area contributed by atoms with Gasteiger partial charge in [-0.1, -0.05) is 32.1 Å². The summed E-state index contributed by atoms with van der Waals surface area (Å²) in [4.78, 5) is 0. The van der Waals surface area contributed by atoms with Crippen molar-refractivity contribution in [3.63, 3.8) is 0 Å². The van der Waals surface area contributed by atoms with Gasteiger partial charge < -0.3 is 9.47 Å². The topological polar surface area (TPSA) is 18.5 Å². The van der Waals surface area contributed by atoms with Gasteiger partial charge in [-0.25, -0.2) is 0 Å². The third-order valence-electron chi connectivity index (χ3n) is 3.35. The number of rotatable bonds is 13. The number of ether oxygens (including phenoxy) is 2. The van der Waals surface area contributed by atoms with Crippen LogP contribution in [0.15, 0.2) is 0 Å². The fourth-order valence-electron chi connectivity index (χ4n) is 1.72. The van der Waals surface area contributed by atoms with E-state index < -0.39 is 0 Å². The normalized spacial score (nSPS) is 12.0. The zero-order valence-electron chi connectivity index (χ0n) is 12.5. The first-order valence-electron chi connectivity index (χ1n) is 7.36. The molecule has 0 aromatic carbocycles. The van der Waals surface area contributed by atoms with Crippen molar-refractivity contribution in [1.82, 2.24) is 0 Å². The van der Waals surface area contributed by atoms with Crippen LogP contribution >= 0.6 is 12.6 Å². The van der Waals surface area contributed by atoms with Crippen LogP contribution in [0.5, 0.6) is 0 Å². The first kappa shape index (κ1) is 18.3. The van der Waals surface area contributed by atoms with Gasteiger partial charge in [-0.15, -0.1) is 0 Å². The Labute approximate surface area is 119 Å². The maximum absolute atomic E-state index is 5.63. The van der Waals surface area contributed by atoms with Crippen LogP contribution in [0.25, 0.3) is 0 Å². The van der Waals surface area contributed by atoms with Gasteiger partial charge in [-0.05, 0) is 38.9 Å². The van der Waals surface area contributed by atoms with E-state index in [9.17, 15) is 0 Å². The van der Waals surface area contributed by atoms with Crippen LogP contribution in [0.2, 0.25) is 0 Å². The number of methoxy groups -OCH3 is 1. The van der Waals surface area contributed by atoms with Crippen LogP contribution in [-0.2, 0) is 9.47 Å². The third kappa shape index (κ3) is 12.7. The van der Waals surface area contributed by atoms with Crippen LogP contribution in [0.4, 0.5) is 0 Å². The minimum absolute atomic E-state index is 0.0486. The second kappa shape index (κ2) is 12.3. The second-order valence-electron chi connectivity index (χ2n) is 5.52. The van der Waals surface area contributed by atoms with Crippen LogP contribution in [-0.4, -0.2) is 31.7 Å². The average molecular weight is 276 g/mol. The minimum atomic E-state index is -0.0486. The molecule has 0 heterocycles. The molecule has 0 unspecified atom stereocenters. The van der Waals surface area contributed by atoms with Crippen LogP contribution in [0, 0.1) is 0 Å². The molecule has 0 saturated carbocycles. The molecule has 0 aliphatic heterocycles. The first-order chi connectivity index (χ1) is 8.62. The summed E-state index contributed by atoms with van der Waals surface area (Å²) in [6, 6.07) is 0. The Hall–Kier alpha value is 0.270. The molecule has 0 rings (SSSR count). The molecule has 0 aliphatic rings. The van der Waals surface area contributed by atoms with Gasteiger partial charge in [0.1, 0.15) is 0 Å². The summed E-state index contributed by atoms with van der Waals surface area (Å²) >= 11 is 4.21. The van der Waals surface area contributed by atoms with Crippen LogP contribution in [0.1, 0.15) is 65.2 Å². The largest absolute Gasteiger partial charge is 0.381 e. The van der Waals surface area contributed by atoms with Crippen LogP contribution < -0.4 is 0 Å². The molecule has 0 aliphatic carbocycles. The molecule has 0 aromatic heterocycles. The zero-order chi connectivity index (χ0) is 13.7. The molecule has 0 amide bonds. The Morgan fingerprint density at radius 3 is 1.94 bits per heavy atom. The molecule has 0 atom stereocenters. The number of thiol groups is 1. The summed E-state index contributed by atoms with van der Waals surface area (Å²) in [6.45, 7) is 5.90. The SMILES string of the molecule is COC(C)(C)CCOCCCCCCCCCS. The van der Waals surface area contributed by atoms with Gasteiger partial charge in [0, 0.05) is 20.3 Å². The fourth-order valence-corrected chi connectivity index (χ4v) is 1.95. The van der Waals surface area contributed by atoms with E-state index >= 15 is 0 Å². The van der Waals surface area contributed by atoms with E-state index in [1.54, 1.807) is 7.11 Å². The highest BCUT2D eigenvalue weighted by Crippen LogP contribution is 2.13. The van der Waals surface area contributed by atoms with Crippen molar-refractivity contribution >= 4 is 12.6 Å². The van der Waals surface area contributed by atoms with E-state index in [1.807, 2.05) is 0 Å². The maximum atomic E-state index is 5.63. The summed E-state index contributed by atoms with van der Waals surface area (Å²) in [5, 5.41) is 0. The molecule has 0 saturated heterocycles. The highest BCUT2D eigenvalue weighted by atomic mass is 32.1. The molecule has 0 spiro atoms. The quantitative estimate of drug-likeness (QED) is 0.395. The first-order valence-corrected chi connectivity index (χ1v) is 7.99. The maximum Gasteiger partial charge on any atom is 0.0644 e. The van der Waals surface area contributed by atoms with E-state index in [-0.39, 0.29) is 5.60 Å². The predicted molar refractivity (Wildman–Crippen MR) is 82.7 cm³/mol. The summed E-state index contributed by atoms with van der Waals surface area (Å²) in [6.07, 6.45) is 10.1. The Bertz CT molecular complexity index is 172. The Kier molecular flexibility index (Phi) is 12.5. The monoisotopic (exact) mass is 276 g/mol. The standard InChI is InChI=1S/C15H32O2S/c1-15(2,16-3)11-13-17-12-9-7-5-4-6-8-10-14-18/h18H,4-14H2,1-3H3. The highest BCUT2D eigenvalue weighted by molar-refractivity contribution is 7.80. The highest BCUT2D eigenvalue weighted by Gasteiger charge is 2.15. The Balaban J connectivity index is 3.08. The summed E-state index contributed by atoms with van der Waals surface area (Å²) in [7, 11) is 1.76. The molecular weight excluding hydrogens is 244 g/mol. The predicted octanol–water partition coefficient (Wildman–Crippen LogP) is 4.48. The molecule has 3 heteroatoms. The van der Waals surface area contributed by atoms with Gasteiger partial charge >= 0.3 is 0 Å². The van der Waals surface area contributed by atoms with E-state index in [0.717, 1.165) is 25.4 Å². The molecular formula is C15H32O2S. The van der Waals surface area contributed by atoms with Gasteiger partial charge in [0.05, 0.1) is 5.60 Å².